The molecule has 0 spiro atoms. The first kappa shape index (κ1) is 35.7. The van der Waals surface area contributed by atoms with Crippen molar-refractivity contribution in [1.82, 2.24) is 4.90 Å². The van der Waals surface area contributed by atoms with Crippen molar-refractivity contribution >= 4 is 42.7 Å². The Bertz CT molecular complexity index is 1730. The number of aliphatic hydroxyl groups excluding tert-OH is 1. The Morgan fingerprint density at radius 1 is 0.980 bits per heavy atom. The van der Waals surface area contributed by atoms with E-state index in [1.54, 1.807) is 6.07 Å². The SMILES string of the molecule is CC/C(=C\c1ccc(CO)o1)CC[C@H]1OC[C@H]2C1=C(CO[Si](c1ccccc1)(c1ccccc1)C(C)(C)C)C[C@H]1C(=O)N(C(=O)OC)C(=O)[C@H]12. The Morgan fingerprint density at radius 2 is 1.64 bits per heavy atom. The molecule has 1 aliphatic carbocycles. The van der Waals surface area contributed by atoms with E-state index in [2.05, 4.69) is 76.2 Å². The molecule has 2 aromatic carbocycles. The van der Waals surface area contributed by atoms with Gasteiger partial charge in [0.05, 0.1) is 38.3 Å². The number of carbonyl (C=O) groups is 3. The predicted molar refractivity (Wildman–Crippen MR) is 192 cm³/mol. The van der Waals surface area contributed by atoms with Crippen molar-refractivity contribution in [3.63, 3.8) is 0 Å². The molecule has 0 radical (unpaired) electrons. The molecule has 3 aliphatic rings. The fraction of sp³-hybridized carbons (Fsp3) is 0.425. The van der Waals surface area contributed by atoms with E-state index < -0.39 is 38.1 Å². The molecule has 1 N–H and O–H groups in total. The van der Waals surface area contributed by atoms with Crippen LogP contribution in [0.4, 0.5) is 4.79 Å². The summed E-state index contributed by atoms with van der Waals surface area (Å²) in [5.41, 5.74) is 3.16. The van der Waals surface area contributed by atoms with E-state index in [1.807, 2.05) is 24.3 Å². The lowest BCUT2D eigenvalue weighted by molar-refractivity contribution is -0.137. The Kier molecular flexibility index (Phi) is 10.5. The number of amides is 3. The van der Waals surface area contributed by atoms with Crippen molar-refractivity contribution < 1.29 is 37.8 Å². The zero-order chi connectivity index (χ0) is 35.6. The first-order chi connectivity index (χ1) is 24.0. The van der Waals surface area contributed by atoms with E-state index in [1.165, 1.54) is 12.7 Å². The largest absolute Gasteiger partial charge is 0.459 e. The number of benzene rings is 2. The fourth-order valence-corrected chi connectivity index (χ4v) is 12.8. The summed E-state index contributed by atoms with van der Waals surface area (Å²) in [6, 6.07) is 24.5. The molecule has 3 aromatic rings. The number of likely N-dealkylation sites (tertiary alicyclic amines) is 1. The van der Waals surface area contributed by atoms with Gasteiger partial charge < -0.3 is 23.4 Å². The highest BCUT2D eigenvalue weighted by molar-refractivity contribution is 6.99. The minimum absolute atomic E-state index is 0.156. The van der Waals surface area contributed by atoms with Crippen molar-refractivity contribution in [1.29, 1.82) is 0 Å². The Morgan fingerprint density at radius 3 is 2.20 bits per heavy atom. The average molecular weight is 698 g/mol. The molecule has 1 aromatic heterocycles. The van der Waals surface area contributed by atoms with Crippen LogP contribution in [0.3, 0.4) is 0 Å². The third kappa shape index (κ3) is 6.45. The highest BCUT2D eigenvalue weighted by Gasteiger charge is 2.59. The van der Waals surface area contributed by atoms with Gasteiger partial charge in [0.15, 0.2) is 0 Å². The fourth-order valence-electron chi connectivity index (χ4n) is 8.26. The topological polar surface area (TPSA) is 116 Å². The van der Waals surface area contributed by atoms with Crippen LogP contribution >= 0.6 is 0 Å². The number of aliphatic hydroxyl groups is 1. The molecule has 50 heavy (non-hydrogen) atoms. The zero-order valence-electron chi connectivity index (χ0n) is 29.5. The summed E-state index contributed by atoms with van der Waals surface area (Å²) >= 11 is 0. The van der Waals surface area contributed by atoms with E-state index in [0.29, 0.717) is 29.3 Å². The van der Waals surface area contributed by atoms with E-state index in [0.717, 1.165) is 34.4 Å². The lowest BCUT2D eigenvalue weighted by Gasteiger charge is -2.44. The van der Waals surface area contributed by atoms with Gasteiger partial charge in [0.2, 0.25) is 11.8 Å². The number of rotatable bonds is 11. The first-order valence-corrected chi connectivity index (χ1v) is 19.4. The number of ether oxygens (including phenoxy) is 2. The number of nitrogens with zero attached hydrogens (tertiary/aromatic N) is 1. The molecule has 10 heteroatoms. The molecule has 2 saturated heterocycles. The van der Waals surface area contributed by atoms with Gasteiger partial charge >= 0.3 is 6.09 Å². The van der Waals surface area contributed by atoms with E-state index >= 15 is 0 Å². The van der Waals surface area contributed by atoms with Gasteiger partial charge in [-0.2, -0.15) is 4.90 Å². The molecule has 0 bridgehead atoms. The van der Waals surface area contributed by atoms with E-state index in [4.69, 9.17) is 18.3 Å². The molecule has 264 valence electrons. The Labute approximate surface area is 295 Å². The number of allylic oxidation sites excluding steroid dienone is 1. The second kappa shape index (κ2) is 14.6. The molecule has 3 heterocycles. The smallest absolute Gasteiger partial charge is 0.423 e. The van der Waals surface area contributed by atoms with Crippen LogP contribution in [0.2, 0.25) is 5.04 Å². The van der Waals surface area contributed by atoms with Gasteiger partial charge in [-0.05, 0) is 70.4 Å². The van der Waals surface area contributed by atoms with Gasteiger partial charge in [0, 0.05) is 5.92 Å². The summed E-state index contributed by atoms with van der Waals surface area (Å²) in [4.78, 5) is 40.8. The van der Waals surface area contributed by atoms with Crippen LogP contribution < -0.4 is 10.4 Å². The maximum atomic E-state index is 13.7. The molecule has 3 amide bonds. The highest BCUT2D eigenvalue weighted by atomic mass is 28.4. The minimum atomic E-state index is -2.94. The number of hydrogen-bond donors (Lipinski definition) is 1. The highest BCUT2D eigenvalue weighted by Crippen LogP contribution is 2.50. The van der Waals surface area contributed by atoms with Crippen LogP contribution in [0.5, 0.6) is 0 Å². The number of methoxy groups -OCH3 is 1. The Hall–Kier alpha value is -4.09. The summed E-state index contributed by atoms with van der Waals surface area (Å²) in [5, 5.41) is 11.5. The lowest BCUT2D eigenvalue weighted by atomic mass is 9.69. The molecule has 0 saturated carbocycles. The van der Waals surface area contributed by atoms with Gasteiger partial charge in [0.25, 0.3) is 8.32 Å². The Balaban J connectivity index is 1.39. The summed E-state index contributed by atoms with van der Waals surface area (Å²) in [6.45, 7) is 9.18. The molecule has 4 atom stereocenters. The number of hydrogen-bond acceptors (Lipinski definition) is 8. The maximum Gasteiger partial charge on any atom is 0.423 e. The maximum absolute atomic E-state index is 13.7. The van der Waals surface area contributed by atoms with E-state index in [9.17, 15) is 19.5 Å². The van der Waals surface area contributed by atoms with Crippen molar-refractivity contribution in [2.24, 2.45) is 17.8 Å². The second-order valence-corrected chi connectivity index (χ2v) is 18.7. The van der Waals surface area contributed by atoms with Crippen molar-refractivity contribution in [2.75, 3.05) is 20.3 Å². The number of furan rings is 1. The van der Waals surface area contributed by atoms with Crippen LogP contribution in [0.1, 0.15) is 64.9 Å². The van der Waals surface area contributed by atoms with Crippen molar-refractivity contribution in [3.8, 4) is 0 Å². The zero-order valence-corrected chi connectivity index (χ0v) is 30.5. The second-order valence-electron chi connectivity index (χ2n) is 14.4. The van der Waals surface area contributed by atoms with Gasteiger partial charge in [-0.3, -0.25) is 9.59 Å². The summed E-state index contributed by atoms with van der Waals surface area (Å²) in [5.74, 6) is -1.58. The van der Waals surface area contributed by atoms with Crippen LogP contribution in [-0.4, -0.2) is 62.7 Å². The van der Waals surface area contributed by atoms with Crippen molar-refractivity contribution in [2.45, 2.75) is 71.1 Å². The summed E-state index contributed by atoms with van der Waals surface area (Å²) in [6.07, 6.45) is 3.29. The monoisotopic (exact) mass is 697 g/mol. The van der Waals surface area contributed by atoms with E-state index in [-0.39, 0.29) is 36.9 Å². The average Bonchev–Trinajstić information content (AvgIpc) is 3.83. The number of carbonyl (C=O) groups excluding carboxylic acids is 3. The number of imide groups is 3. The molecular formula is C40H47NO8Si. The van der Waals surface area contributed by atoms with Crippen molar-refractivity contribution in [3.05, 3.63) is 101 Å². The van der Waals surface area contributed by atoms with Crippen LogP contribution in [0.25, 0.3) is 6.08 Å². The molecule has 9 nitrogen and oxygen atoms in total. The summed E-state index contributed by atoms with van der Waals surface area (Å²) < 4.78 is 24.5. The molecular weight excluding hydrogens is 651 g/mol. The normalized spacial score (nSPS) is 22.6. The van der Waals surface area contributed by atoms with Gasteiger partial charge in [-0.1, -0.05) is 93.9 Å². The first-order valence-electron chi connectivity index (χ1n) is 17.5. The molecule has 2 aliphatic heterocycles. The van der Waals surface area contributed by atoms with Crippen LogP contribution in [0.15, 0.2) is 93.9 Å². The molecule has 0 unspecified atom stereocenters. The number of fused-ring (bicyclic) bond motifs is 3. The third-order valence-electron chi connectivity index (χ3n) is 10.6. The molecule has 2 fully saturated rings. The summed E-state index contributed by atoms with van der Waals surface area (Å²) in [7, 11) is -1.76. The predicted octanol–water partition coefficient (Wildman–Crippen LogP) is 6.01. The quantitative estimate of drug-likeness (QED) is 0.147. The third-order valence-corrected chi connectivity index (χ3v) is 15.6. The standard InChI is InChI=1S/C40H47NO8Si/c1-6-26(21-28-18-19-29(23-42)49-28)17-20-34-35-27(22-32-36(33(35)25-47-34)38(44)41(37(32)43)39(45)46-5)24-48-50(40(2,3)4,30-13-9-7-10-14-30)31-15-11-8-12-16-31/h7-16,18-19,21,32-34,36,42H,6,17,20,22-25H2,1-5H3/b26-21+/t32-,33+,34-,36-/m1/s1. The lowest BCUT2D eigenvalue weighted by Crippen LogP contribution is -2.66. The van der Waals surface area contributed by atoms with Gasteiger partial charge in [-0.25, -0.2) is 4.79 Å². The van der Waals surface area contributed by atoms with Crippen LogP contribution in [0, 0.1) is 17.8 Å². The molecule has 6 rings (SSSR count). The van der Waals surface area contributed by atoms with Gasteiger partial charge in [0.1, 0.15) is 18.1 Å². The minimum Gasteiger partial charge on any atom is -0.459 e. The van der Waals surface area contributed by atoms with Crippen LogP contribution in [-0.2, 0) is 30.1 Å². The van der Waals surface area contributed by atoms with Gasteiger partial charge in [-0.15, -0.1) is 0 Å².